The number of rotatable bonds is 12. The number of benzene rings is 1. The zero-order valence-electron chi connectivity index (χ0n) is 24.5. The first-order valence-electron chi connectivity index (χ1n) is 14.8. The number of piperidine rings is 1. The predicted octanol–water partition coefficient (Wildman–Crippen LogP) is 4.85. The molecule has 1 aliphatic carbocycles. The number of carbonyl (C=O) groups is 2. The predicted molar refractivity (Wildman–Crippen MR) is 161 cm³/mol. The minimum Gasteiger partial charge on any atom is -0.494 e. The molecule has 0 spiro atoms. The molecule has 1 aromatic carbocycles. The highest BCUT2D eigenvalue weighted by Crippen LogP contribution is 2.36. The summed E-state index contributed by atoms with van der Waals surface area (Å²) in [5, 5.41) is 3.36. The maximum atomic E-state index is 13.0. The van der Waals surface area contributed by atoms with Crippen LogP contribution in [0.5, 0.6) is 5.75 Å². The van der Waals surface area contributed by atoms with E-state index >= 15 is 0 Å². The van der Waals surface area contributed by atoms with Crippen LogP contribution >= 0.6 is 0 Å². The van der Waals surface area contributed by atoms with Gasteiger partial charge in [0.1, 0.15) is 11.4 Å². The number of nitrogens with one attached hydrogen (secondary N) is 1. The Hall–Kier alpha value is -3.56. The second kappa shape index (κ2) is 13.7. The molecule has 0 radical (unpaired) electrons. The lowest BCUT2D eigenvalue weighted by atomic mass is 9.96. The van der Waals surface area contributed by atoms with Crippen LogP contribution in [0.4, 0.5) is 28.8 Å². The molecule has 0 unspecified atom stereocenters. The van der Waals surface area contributed by atoms with Gasteiger partial charge in [-0.2, -0.15) is 4.98 Å². The van der Waals surface area contributed by atoms with Crippen molar-refractivity contribution >= 4 is 40.6 Å². The van der Waals surface area contributed by atoms with Crippen LogP contribution in [0.2, 0.25) is 0 Å². The van der Waals surface area contributed by atoms with E-state index in [0.717, 1.165) is 81.0 Å². The number of methoxy groups -OCH3 is 1. The van der Waals surface area contributed by atoms with E-state index in [9.17, 15) is 9.59 Å². The molecule has 2 heterocycles. The summed E-state index contributed by atoms with van der Waals surface area (Å²) in [6, 6.07) is 6.42. The first-order valence-corrected chi connectivity index (χ1v) is 14.8. The van der Waals surface area contributed by atoms with Gasteiger partial charge in [0.2, 0.25) is 17.8 Å². The highest BCUT2D eigenvalue weighted by Gasteiger charge is 2.28. The van der Waals surface area contributed by atoms with Crippen LogP contribution in [0.1, 0.15) is 71.6 Å². The van der Waals surface area contributed by atoms with E-state index in [0.29, 0.717) is 24.2 Å². The molecule has 0 atom stereocenters. The standard InChI is InChI=1S/C30H45N7O3/c1-5-7-12-27(38)35(3)25-20-32-30(34-29(25)37(6-2)22-10-8-9-11-22)33-24-14-13-23(19-26(24)40-4)36-17-15-21(16-18-36)28(31)39/h13-14,19-22H,5-12,15-18H2,1-4H3,(H2,31,39)(H,32,33,34). The number of nitrogens with zero attached hydrogens (tertiary/aromatic N) is 5. The summed E-state index contributed by atoms with van der Waals surface area (Å²) in [7, 11) is 3.47. The van der Waals surface area contributed by atoms with Gasteiger partial charge in [-0.25, -0.2) is 4.98 Å². The molecule has 2 fully saturated rings. The Balaban J connectivity index is 1.59. The Morgan fingerprint density at radius 2 is 1.88 bits per heavy atom. The van der Waals surface area contributed by atoms with Gasteiger partial charge in [-0.15, -0.1) is 0 Å². The highest BCUT2D eigenvalue weighted by molar-refractivity contribution is 5.95. The summed E-state index contributed by atoms with van der Waals surface area (Å²) in [6.07, 6.45) is 10.3. The fraction of sp³-hybridized carbons (Fsp3) is 0.600. The van der Waals surface area contributed by atoms with E-state index in [4.69, 9.17) is 15.5 Å². The molecular formula is C30H45N7O3. The van der Waals surface area contributed by atoms with Crippen LogP contribution in [0.15, 0.2) is 24.4 Å². The molecular weight excluding hydrogens is 506 g/mol. The Morgan fingerprint density at radius 1 is 1.15 bits per heavy atom. The third-order valence-electron chi connectivity index (χ3n) is 8.30. The molecule has 10 heteroatoms. The molecule has 0 bridgehead atoms. The summed E-state index contributed by atoms with van der Waals surface area (Å²) >= 11 is 0. The first-order chi connectivity index (χ1) is 19.4. The molecule has 1 aromatic heterocycles. The molecule has 10 nitrogen and oxygen atoms in total. The third kappa shape index (κ3) is 6.77. The SMILES string of the molecule is CCCCC(=O)N(C)c1cnc(Nc2ccc(N3CCC(C(N)=O)CC3)cc2OC)nc1N(CC)C1CCCC1. The lowest BCUT2D eigenvalue weighted by Crippen LogP contribution is -2.38. The number of hydrogen-bond acceptors (Lipinski definition) is 8. The van der Waals surface area contributed by atoms with Gasteiger partial charge in [0.05, 0.1) is 19.0 Å². The van der Waals surface area contributed by atoms with Gasteiger partial charge >= 0.3 is 0 Å². The number of amides is 2. The fourth-order valence-electron chi connectivity index (χ4n) is 5.82. The molecule has 2 aliphatic rings. The number of anilines is 5. The van der Waals surface area contributed by atoms with E-state index < -0.39 is 0 Å². The number of unbranched alkanes of at least 4 members (excludes halogenated alkanes) is 1. The number of nitrogens with two attached hydrogens (primary N) is 1. The maximum absolute atomic E-state index is 13.0. The number of ether oxygens (including phenoxy) is 1. The summed E-state index contributed by atoms with van der Waals surface area (Å²) in [5.74, 6) is 1.73. The number of hydrogen-bond donors (Lipinski definition) is 2. The Morgan fingerprint density at radius 3 is 2.50 bits per heavy atom. The van der Waals surface area contributed by atoms with Gasteiger partial charge in [0, 0.05) is 56.8 Å². The monoisotopic (exact) mass is 551 g/mol. The highest BCUT2D eigenvalue weighted by atomic mass is 16.5. The molecule has 1 aliphatic heterocycles. The molecule has 4 rings (SSSR count). The van der Waals surface area contributed by atoms with Crippen molar-refractivity contribution in [2.45, 2.75) is 77.7 Å². The summed E-state index contributed by atoms with van der Waals surface area (Å²) < 4.78 is 5.74. The van der Waals surface area contributed by atoms with Crippen molar-refractivity contribution in [3.05, 3.63) is 24.4 Å². The van der Waals surface area contributed by atoms with Gasteiger partial charge in [0.25, 0.3) is 0 Å². The van der Waals surface area contributed by atoms with Gasteiger partial charge in [0.15, 0.2) is 5.82 Å². The Labute approximate surface area is 238 Å². The summed E-state index contributed by atoms with van der Waals surface area (Å²) in [4.78, 5) is 40.4. The van der Waals surface area contributed by atoms with E-state index in [1.54, 1.807) is 18.2 Å². The quantitative estimate of drug-likeness (QED) is 0.384. The van der Waals surface area contributed by atoms with Crippen molar-refractivity contribution < 1.29 is 14.3 Å². The molecule has 218 valence electrons. The van der Waals surface area contributed by atoms with E-state index in [-0.39, 0.29) is 17.7 Å². The zero-order chi connectivity index (χ0) is 28.6. The smallest absolute Gasteiger partial charge is 0.229 e. The fourth-order valence-corrected chi connectivity index (χ4v) is 5.82. The van der Waals surface area contributed by atoms with Crippen molar-refractivity contribution in [1.29, 1.82) is 0 Å². The van der Waals surface area contributed by atoms with Gasteiger partial charge < -0.3 is 30.5 Å². The zero-order valence-corrected chi connectivity index (χ0v) is 24.5. The van der Waals surface area contributed by atoms with Crippen LogP contribution in [0.25, 0.3) is 0 Å². The molecule has 2 amide bonds. The van der Waals surface area contributed by atoms with Crippen LogP contribution in [-0.2, 0) is 9.59 Å². The van der Waals surface area contributed by atoms with Crippen molar-refractivity contribution in [2.75, 3.05) is 53.8 Å². The largest absolute Gasteiger partial charge is 0.494 e. The maximum Gasteiger partial charge on any atom is 0.229 e. The molecule has 40 heavy (non-hydrogen) atoms. The number of primary amides is 1. The lowest BCUT2D eigenvalue weighted by Gasteiger charge is -2.33. The van der Waals surface area contributed by atoms with Gasteiger partial charge in [-0.3, -0.25) is 9.59 Å². The first kappa shape index (κ1) is 29.4. The average molecular weight is 552 g/mol. The van der Waals surface area contributed by atoms with Gasteiger partial charge in [-0.05, 0) is 51.2 Å². The normalized spacial score (nSPS) is 16.1. The van der Waals surface area contributed by atoms with Crippen molar-refractivity contribution in [2.24, 2.45) is 11.7 Å². The van der Waals surface area contributed by atoms with Crippen molar-refractivity contribution in [1.82, 2.24) is 9.97 Å². The third-order valence-corrected chi connectivity index (χ3v) is 8.30. The topological polar surface area (TPSA) is 117 Å². The van der Waals surface area contributed by atoms with Crippen molar-refractivity contribution in [3.63, 3.8) is 0 Å². The van der Waals surface area contributed by atoms with E-state index in [1.165, 1.54) is 12.8 Å². The average Bonchev–Trinajstić information content (AvgIpc) is 3.51. The van der Waals surface area contributed by atoms with E-state index in [2.05, 4.69) is 33.9 Å². The van der Waals surface area contributed by atoms with Crippen LogP contribution in [0, 0.1) is 5.92 Å². The molecule has 3 N–H and O–H groups in total. The van der Waals surface area contributed by atoms with Crippen molar-refractivity contribution in [3.8, 4) is 5.75 Å². The Kier molecular flexibility index (Phi) is 10.1. The molecule has 1 saturated heterocycles. The summed E-state index contributed by atoms with van der Waals surface area (Å²) in [5.41, 5.74) is 8.03. The lowest BCUT2D eigenvalue weighted by molar-refractivity contribution is -0.122. The minimum atomic E-state index is -0.215. The molecule has 1 saturated carbocycles. The Bertz CT molecular complexity index is 1160. The van der Waals surface area contributed by atoms with Crippen LogP contribution < -0.4 is 30.5 Å². The van der Waals surface area contributed by atoms with Crippen LogP contribution in [0.3, 0.4) is 0 Å². The van der Waals surface area contributed by atoms with Crippen LogP contribution in [-0.4, -0.2) is 61.6 Å². The second-order valence-electron chi connectivity index (χ2n) is 10.9. The summed E-state index contributed by atoms with van der Waals surface area (Å²) in [6.45, 7) is 6.58. The minimum absolute atomic E-state index is 0.0543. The van der Waals surface area contributed by atoms with Gasteiger partial charge in [-0.1, -0.05) is 26.2 Å². The number of carbonyl (C=O) groups excluding carboxylic acids is 2. The molecule has 2 aromatic rings. The number of aromatic nitrogens is 2. The second-order valence-corrected chi connectivity index (χ2v) is 10.9. The van der Waals surface area contributed by atoms with E-state index in [1.807, 2.05) is 25.2 Å².